The number of carbonyl (C=O) groups is 1. The van der Waals surface area contributed by atoms with Gasteiger partial charge in [0.2, 0.25) is 11.9 Å². The second kappa shape index (κ2) is 4.56. The maximum absolute atomic E-state index is 11.0. The van der Waals surface area contributed by atoms with Crippen molar-refractivity contribution in [1.29, 1.82) is 0 Å². The highest BCUT2D eigenvalue weighted by molar-refractivity contribution is 5.85. The Kier molecular flexibility index (Phi) is 3.10. The molecule has 18 heavy (non-hydrogen) atoms. The molecular weight excluding hydrogens is 232 g/mol. The number of nitrogen functional groups attached to an aromatic ring is 1. The van der Waals surface area contributed by atoms with Crippen LogP contribution in [0.25, 0.3) is 11.0 Å². The number of rotatable bonds is 4. The normalized spacial score (nSPS) is 12.6. The van der Waals surface area contributed by atoms with Gasteiger partial charge in [-0.3, -0.25) is 4.79 Å². The number of primary amides is 1. The maximum Gasteiger partial charge on any atom is 0.219 e. The van der Waals surface area contributed by atoms with Crippen molar-refractivity contribution in [2.45, 2.75) is 19.4 Å². The number of fused-ring (bicyclic) bond motifs is 1. The molecule has 0 spiro atoms. The van der Waals surface area contributed by atoms with Crippen molar-refractivity contribution >= 4 is 22.9 Å². The van der Waals surface area contributed by atoms with Crippen LogP contribution in [0.15, 0.2) is 18.2 Å². The predicted molar refractivity (Wildman–Crippen MR) is 69.2 cm³/mol. The van der Waals surface area contributed by atoms with Gasteiger partial charge in [0, 0.05) is 12.5 Å². The second-order valence-corrected chi connectivity index (χ2v) is 4.19. The number of methoxy groups -OCH3 is 1. The molecule has 4 N–H and O–H groups in total. The van der Waals surface area contributed by atoms with E-state index in [1.807, 2.05) is 25.1 Å². The van der Waals surface area contributed by atoms with Gasteiger partial charge < -0.3 is 20.8 Å². The van der Waals surface area contributed by atoms with Crippen molar-refractivity contribution in [3.05, 3.63) is 18.2 Å². The molecule has 1 aromatic carbocycles. The van der Waals surface area contributed by atoms with Gasteiger partial charge in [-0.2, -0.15) is 0 Å². The Bertz CT molecular complexity index is 591. The molecule has 0 aliphatic carbocycles. The molecule has 0 bridgehead atoms. The highest BCUT2D eigenvalue weighted by atomic mass is 16.5. The largest absolute Gasteiger partial charge is 0.494 e. The number of benzene rings is 1. The monoisotopic (exact) mass is 248 g/mol. The third-order valence-electron chi connectivity index (χ3n) is 2.87. The summed E-state index contributed by atoms with van der Waals surface area (Å²) >= 11 is 0. The number of anilines is 1. The summed E-state index contributed by atoms with van der Waals surface area (Å²) in [5, 5.41) is 0. The zero-order valence-electron chi connectivity index (χ0n) is 10.4. The van der Waals surface area contributed by atoms with Crippen LogP contribution in [-0.4, -0.2) is 22.6 Å². The number of nitrogens with two attached hydrogens (primary N) is 2. The van der Waals surface area contributed by atoms with Gasteiger partial charge >= 0.3 is 0 Å². The molecule has 0 aliphatic heterocycles. The molecule has 0 saturated carbocycles. The topological polar surface area (TPSA) is 96.2 Å². The van der Waals surface area contributed by atoms with Gasteiger partial charge in [-0.15, -0.1) is 0 Å². The molecule has 1 aromatic heterocycles. The maximum atomic E-state index is 11.0. The van der Waals surface area contributed by atoms with Gasteiger partial charge in [0.05, 0.1) is 12.6 Å². The summed E-state index contributed by atoms with van der Waals surface area (Å²) in [4.78, 5) is 15.3. The number of aromatic nitrogens is 2. The Morgan fingerprint density at radius 2 is 2.28 bits per heavy atom. The number of ether oxygens (including phenoxy) is 1. The van der Waals surface area contributed by atoms with Crippen LogP contribution in [0.1, 0.15) is 19.4 Å². The molecule has 1 unspecified atom stereocenters. The Hall–Kier alpha value is -2.24. The van der Waals surface area contributed by atoms with Gasteiger partial charge in [-0.05, 0) is 19.1 Å². The first-order valence-corrected chi connectivity index (χ1v) is 5.63. The molecule has 1 atom stereocenters. The van der Waals surface area contributed by atoms with Crippen LogP contribution in [0.2, 0.25) is 0 Å². The van der Waals surface area contributed by atoms with E-state index in [1.54, 1.807) is 11.7 Å². The zero-order chi connectivity index (χ0) is 13.3. The Morgan fingerprint density at radius 3 is 2.89 bits per heavy atom. The minimum atomic E-state index is -0.369. The van der Waals surface area contributed by atoms with Gasteiger partial charge in [0.15, 0.2) is 0 Å². The van der Waals surface area contributed by atoms with Crippen molar-refractivity contribution in [3.8, 4) is 5.75 Å². The smallest absolute Gasteiger partial charge is 0.219 e. The van der Waals surface area contributed by atoms with Gasteiger partial charge in [0.25, 0.3) is 0 Å². The molecule has 96 valence electrons. The van der Waals surface area contributed by atoms with Crippen LogP contribution in [0, 0.1) is 0 Å². The lowest BCUT2D eigenvalue weighted by Crippen LogP contribution is -2.18. The lowest BCUT2D eigenvalue weighted by Gasteiger charge is -2.14. The fourth-order valence-electron chi connectivity index (χ4n) is 2.12. The van der Waals surface area contributed by atoms with Gasteiger partial charge in [-0.25, -0.2) is 4.98 Å². The number of hydrogen-bond acceptors (Lipinski definition) is 4. The van der Waals surface area contributed by atoms with Crippen molar-refractivity contribution < 1.29 is 9.53 Å². The van der Waals surface area contributed by atoms with Crippen molar-refractivity contribution in [2.24, 2.45) is 5.73 Å². The molecule has 1 amide bonds. The molecule has 6 heteroatoms. The van der Waals surface area contributed by atoms with Crippen molar-refractivity contribution in [3.63, 3.8) is 0 Å². The minimum Gasteiger partial charge on any atom is -0.494 e. The summed E-state index contributed by atoms with van der Waals surface area (Å²) in [6, 6.07) is 5.42. The summed E-state index contributed by atoms with van der Waals surface area (Å²) in [6.07, 6.45) is 0.215. The molecule has 0 radical (unpaired) electrons. The third kappa shape index (κ3) is 1.97. The van der Waals surface area contributed by atoms with Crippen molar-refractivity contribution in [1.82, 2.24) is 9.55 Å². The minimum absolute atomic E-state index is 0.139. The Balaban J connectivity index is 2.57. The summed E-state index contributed by atoms with van der Waals surface area (Å²) < 4.78 is 7.03. The molecule has 0 saturated heterocycles. The van der Waals surface area contributed by atoms with Crippen LogP contribution in [0.5, 0.6) is 5.75 Å². The number of hydrogen-bond donors (Lipinski definition) is 2. The van der Waals surface area contributed by atoms with E-state index < -0.39 is 0 Å². The van der Waals surface area contributed by atoms with E-state index in [4.69, 9.17) is 16.2 Å². The molecule has 0 fully saturated rings. The van der Waals surface area contributed by atoms with Crippen LogP contribution >= 0.6 is 0 Å². The lowest BCUT2D eigenvalue weighted by atomic mass is 10.2. The quantitative estimate of drug-likeness (QED) is 0.845. The van der Waals surface area contributed by atoms with Crippen LogP contribution in [0.4, 0.5) is 5.95 Å². The number of para-hydroxylation sites is 1. The molecule has 2 aromatic rings. The Labute approximate surface area is 105 Å². The first-order chi connectivity index (χ1) is 8.54. The summed E-state index contributed by atoms with van der Waals surface area (Å²) in [5.74, 6) is 0.638. The average Bonchev–Trinajstić information content (AvgIpc) is 2.63. The Morgan fingerprint density at radius 1 is 1.56 bits per heavy atom. The fourth-order valence-corrected chi connectivity index (χ4v) is 2.12. The standard InChI is InChI=1S/C12H16N4O2/c1-7(6-10(13)17)16-8-4-3-5-9(18-2)11(8)15-12(16)14/h3-5,7H,6H2,1-2H3,(H2,13,17)(H2,14,15). The lowest BCUT2D eigenvalue weighted by molar-refractivity contribution is -0.118. The first kappa shape index (κ1) is 12.2. The summed E-state index contributed by atoms with van der Waals surface area (Å²) in [7, 11) is 1.58. The third-order valence-corrected chi connectivity index (χ3v) is 2.87. The zero-order valence-corrected chi connectivity index (χ0v) is 10.4. The molecule has 6 nitrogen and oxygen atoms in total. The van der Waals surface area contributed by atoms with E-state index in [9.17, 15) is 4.79 Å². The van der Waals surface area contributed by atoms with Gasteiger partial charge in [-0.1, -0.05) is 6.07 Å². The van der Waals surface area contributed by atoms with E-state index in [-0.39, 0.29) is 18.4 Å². The predicted octanol–water partition coefficient (Wildman–Crippen LogP) is 1.06. The van der Waals surface area contributed by atoms with Crippen LogP contribution in [0.3, 0.4) is 0 Å². The van der Waals surface area contributed by atoms with E-state index >= 15 is 0 Å². The van der Waals surface area contributed by atoms with E-state index in [1.165, 1.54) is 0 Å². The summed E-state index contributed by atoms with van der Waals surface area (Å²) in [6.45, 7) is 1.88. The van der Waals surface area contributed by atoms with E-state index in [0.717, 1.165) is 5.52 Å². The molecule has 2 rings (SSSR count). The van der Waals surface area contributed by atoms with E-state index in [2.05, 4.69) is 4.98 Å². The number of imidazole rings is 1. The average molecular weight is 248 g/mol. The van der Waals surface area contributed by atoms with Crippen LogP contribution in [-0.2, 0) is 4.79 Å². The van der Waals surface area contributed by atoms with Crippen molar-refractivity contribution in [2.75, 3.05) is 12.8 Å². The molecule has 0 aliphatic rings. The SMILES string of the molecule is COc1cccc2c1nc(N)n2C(C)CC(N)=O. The van der Waals surface area contributed by atoms with Gasteiger partial charge in [0.1, 0.15) is 11.3 Å². The summed E-state index contributed by atoms with van der Waals surface area (Å²) in [5.41, 5.74) is 12.6. The molecular formula is C12H16N4O2. The number of carbonyl (C=O) groups excluding carboxylic acids is 1. The highest BCUT2D eigenvalue weighted by Gasteiger charge is 2.17. The fraction of sp³-hybridized carbons (Fsp3) is 0.333. The first-order valence-electron chi connectivity index (χ1n) is 5.63. The van der Waals surface area contributed by atoms with Crippen LogP contribution < -0.4 is 16.2 Å². The van der Waals surface area contributed by atoms with E-state index in [0.29, 0.717) is 17.2 Å². The number of amides is 1. The number of nitrogens with zero attached hydrogens (tertiary/aromatic N) is 2. The second-order valence-electron chi connectivity index (χ2n) is 4.19. The highest BCUT2D eigenvalue weighted by Crippen LogP contribution is 2.30. The molecule has 1 heterocycles.